The van der Waals surface area contributed by atoms with Crippen LogP contribution in [-0.4, -0.2) is 26.2 Å². The first-order chi connectivity index (χ1) is 13.8. The molecule has 6 nitrogen and oxygen atoms in total. The van der Waals surface area contributed by atoms with Crippen LogP contribution in [0.25, 0.3) is 20.2 Å². The SMILES string of the molecule is C=C(C)C(=O)Oc1ccc2c(sc3c(OC)c(OC(=O)C(=C)C)ccc32)c1OC. The first-order valence-electron chi connectivity index (χ1n) is 8.64. The van der Waals surface area contributed by atoms with Gasteiger partial charge in [0.15, 0.2) is 23.0 Å². The highest BCUT2D eigenvalue weighted by Crippen LogP contribution is 2.49. The second-order valence-corrected chi connectivity index (χ2v) is 7.41. The minimum atomic E-state index is -0.532. The van der Waals surface area contributed by atoms with Crippen molar-refractivity contribution in [1.29, 1.82) is 0 Å². The first kappa shape index (κ1) is 20.4. The molecule has 150 valence electrons. The van der Waals surface area contributed by atoms with E-state index in [1.165, 1.54) is 25.6 Å². The zero-order chi connectivity index (χ0) is 21.3. The molecule has 0 unspecified atom stereocenters. The topological polar surface area (TPSA) is 71.1 Å². The van der Waals surface area contributed by atoms with Gasteiger partial charge in [0.05, 0.1) is 23.6 Å². The highest BCUT2D eigenvalue weighted by atomic mass is 32.1. The maximum absolute atomic E-state index is 11.9. The Morgan fingerprint density at radius 1 is 0.759 bits per heavy atom. The fraction of sp³-hybridized carbons (Fsp3) is 0.182. The maximum atomic E-state index is 11.9. The molecule has 0 amide bonds. The second-order valence-electron chi connectivity index (χ2n) is 6.39. The van der Waals surface area contributed by atoms with E-state index in [1.807, 2.05) is 12.1 Å². The molecule has 0 bridgehead atoms. The summed E-state index contributed by atoms with van der Waals surface area (Å²) in [6.07, 6.45) is 0. The molecule has 29 heavy (non-hydrogen) atoms. The molecule has 2 aromatic carbocycles. The van der Waals surface area contributed by atoms with E-state index in [4.69, 9.17) is 18.9 Å². The molecule has 1 aromatic heterocycles. The van der Waals surface area contributed by atoms with Gasteiger partial charge in [-0.2, -0.15) is 0 Å². The van der Waals surface area contributed by atoms with Crippen molar-refractivity contribution in [3.05, 3.63) is 48.6 Å². The van der Waals surface area contributed by atoms with Gasteiger partial charge in [0.2, 0.25) is 0 Å². The Morgan fingerprint density at radius 3 is 1.45 bits per heavy atom. The highest BCUT2D eigenvalue weighted by molar-refractivity contribution is 7.26. The van der Waals surface area contributed by atoms with E-state index in [2.05, 4.69) is 13.2 Å². The largest absolute Gasteiger partial charge is 0.491 e. The predicted molar refractivity (Wildman–Crippen MR) is 113 cm³/mol. The average molecular weight is 412 g/mol. The van der Waals surface area contributed by atoms with Crippen LogP contribution in [0.1, 0.15) is 13.8 Å². The summed E-state index contributed by atoms with van der Waals surface area (Å²) in [6, 6.07) is 7.04. The van der Waals surface area contributed by atoms with Gasteiger partial charge in [0.25, 0.3) is 0 Å². The number of carbonyl (C=O) groups excluding carboxylic acids is 2. The van der Waals surface area contributed by atoms with Crippen molar-refractivity contribution in [3.63, 3.8) is 0 Å². The molecule has 0 saturated carbocycles. The summed E-state index contributed by atoms with van der Waals surface area (Å²) in [6.45, 7) is 10.3. The van der Waals surface area contributed by atoms with E-state index in [0.29, 0.717) is 23.0 Å². The summed E-state index contributed by atoms with van der Waals surface area (Å²) in [5.41, 5.74) is 0.572. The number of hydrogen-bond acceptors (Lipinski definition) is 7. The fourth-order valence-corrected chi connectivity index (χ4v) is 4.07. The van der Waals surface area contributed by atoms with Crippen LogP contribution in [0.4, 0.5) is 0 Å². The minimum absolute atomic E-state index is 0.286. The molecule has 3 aromatic rings. The number of ether oxygens (including phenoxy) is 4. The van der Waals surface area contributed by atoms with Crippen molar-refractivity contribution in [2.45, 2.75) is 13.8 Å². The monoisotopic (exact) mass is 412 g/mol. The van der Waals surface area contributed by atoms with Gasteiger partial charge in [-0.05, 0) is 38.1 Å². The van der Waals surface area contributed by atoms with Crippen molar-refractivity contribution in [3.8, 4) is 23.0 Å². The van der Waals surface area contributed by atoms with Gasteiger partial charge >= 0.3 is 11.9 Å². The van der Waals surface area contributed by atoms with E-state index >= 15 is 0 Å². The third-order valence-electron chi connectivity index (χ3n) is 4.16. The van der Waals surface area contributed by atoms with Crippen LogP contribution in [0.2, 0.25) is 0 Å². The van der Waals surface area contributed by atoms with Crippen LogP contribution >= 0.6 is 11.3 Å². The van der Waals surface area contributed by atoms with Gasteiger partial charge in [0, 0.05) is 21.9 Å². The molecule has 0 saturated heterocycles. The molecule has 0 fully saturated rings. The third kappa shape index (κ3) is 3.69. The number of rotatable bonds is 6. The smallest absolute Gasteiger partial charge is 0.338 e. The molecular weight excluding hydrogens is 392 g/mol. The molecule has 0 aliphatic rings. The lowest BCUT2D eigenvalue weighted by Crippen LogP contribution is -2.09. The van der Waals surface area contributed by atoms with E-state index < -0.39 is 11.9 Å². The minimum Gasteiger partial charge on any atom is -0.491 e. The number of hydrogen-bond donors (Lipinski definition) is 0. The lowest BCUT2D eigenvalue weighted by molar-refractivity contribution is -0.131. The number of benzene rings is 2. The van der Waals surface area contributed by atoms with Crippen LogP contribution in [-0.2, 0) is 9.59 Å². The zero-order valence-electron chi connectivity index (χ0n) is 16.6. The fourth-order valence-electron chi connectivity index (χ4n) is 2.74. The van der Waals surface area contributed by atoms with Crippen molar-refractivity contribution in [2.24, 2.45) is 0 Å². The van der Waals surface area contributed by atoms with Crippen LogP contribution in [0, 0.1) is 0 Å². The van der Waals surface area contributed by atoms with Crippen LogP contribution in [0.5, 0.6) is 23.0 Å². The molecule has 3 rings (SSSR count). The van der Waals surface area contributed by atoms with E-state index in [0.717, 1.165) is 20.2 Å². The summed E-state index contributed by atoms with van der Waals surface area (Å²) in [7, 11) is 3.02. The Hall–Kier alpha value is -3.32. The molecule has 0 aliphatic carbocycles. The standard InChI is InChI=1S/C22H20O6S/c1-11(2)21(23)27-15-9-7-13-14-8-10-16(28-22(24)12(3)4)18(26-6)20(14)29-19(13)17(15)25-5/h7-10H,1,3H2,2,4-6H3. The molecule has 0 N–H and O–H groups in total. The number of methoxy groups -OCH3 is 2. The van der Waals surface area contributed by atoms with E-state index in [1.54, 1.807) is 26.0 Å². The number of esters is 2. The van der Waals surface area contributed by atoms with Crippen LogP contribution in [0.3, 0.4) is 0 Å². The van der Waals surface area contributed by atoms with Gasteiger partial charge in [-0.25, -0.2) is 9.59 Å². The normalized spacial score (nSPS) is 10.6. The summed E-state index contributed by atoms with van der Waals surface area (Å²) in [5, 5.41) is 1.79. The number of fused-ring (bicyclic) bond motifs is 3. The summed E-state index contributed by atoms with van der Waals surface area (Å²) < 4.78 is 23.4. The van der Waals surface area contributed by atoms with Crippen LogP contribution in [0.15, 0.2) is 48.6 Å². The van der Waals surface area contributed by atoms with Crippen molar-refractivity contribution in [1.82, 2.24) is 0 Å². The molecule has 1 heterocycles. The molecular formula is C22H20O6S. The second kappa shape index (κ2) is 7.97. The Balaban J connectivity index is 2.20. The summed E-state index contributed by atoms with van der Waals surface area (Å²) in [5.74, 6) is 0.396. The maximum Gasteiger partial charge on any atom is 0.338 e. The Kier molecular flexibility index (Phi) is 5.61. The average Bonchev–Trinajstić information content (AvgIpc) is 3.05. The van der Waals surface area contributed by atoms with Crippen molar-refractivity contribution >= 4 is 43.4 Å². The van der Waals surface area contributed by atoms with Crippen molar-refractivity contribution in [2.75, 3.05) is 14.2 Å². The summed E-state index contributed by atoms with van der Waals surface area (Å²) in [4.78, 5) is 23.9. The predicted octanol–water partition coefficient (Wildman–Crippen LogP) is 5.03. The van der Waals surface area contributed by atoms with Gasteiger partial charge in [-0.15, -0.1) is 11.3 Å². The quantitative estimate of drug-likeness (QED) is 0.321. The molecule has 7 heteroatoms. The van der Waals surface area contributed by atoms with Crippen LogP contribution < -0.4 is 18.9 Å². The van der Waals surface area contributed by atoms with Gasteiger partial charge in [-0.3, -0.25) is 0 Å². The first-order valence-corrected chi connectivity index (χ1v) is 9.45. The summed E-state index contributed by atoms with van der Waals surface area (Å²) >= 11 is 1.39. The van der Waals surface area contributed by atoms with Gasteiger partial charge in [-0.1, -0.05) is 13.2 Å². The van der Waals surface area contributed by atoms with E-state index in [-0.39, 0.29) is 11.1 Å². The lowest BCUT2D eigenvalue weighted by atomic mass is 10.1. The zero-order valence-corrected chi connectivity index (χ0v) is 17.4. The Bertz CT molecular complexity index is 1080. The Labute approximate surface area is 171 Å². The Morgan fingerprint density at radius 2 is 1.14 bits per heavy atom. The van der Waals surface area contributed by atoms with Gasteiger partial charge < -0.3 is 18.9 Å². The lowest BCUT2D eigenvalue weighted by Gasteiger charge is -2.10. The number of carbonyl (C=O) groups is 2. The molecule has 0 spiro atoms. The third-order valence-corrected chi connectivity index (χ3v) is 5.38. The molecule has 0 atom stereocenters. The van der Waals surface area contributed by atoms with Gasteiger partial charge in [0.1, 0.15) is 0 Å². The number of thiophene rings is 1. The molecule has 0 aliphatic heterocycles. The molecule has 0 radical (unpaired) electrons. The van der Waals surface area contributed by atoms with Crippen molar-refractivity contribution < 1.29 is 28.5 Å². The van der Waals surface area contributed by atoms with E-state index in [9.17, 15) is 9.59 Å². The highest BCUT2D eigenvalue weighted by Gasteiger charge is 2.21.